The van der Waals surface area contributed by atoms with Gasteiger partial charge in [0.05, 0.1) is 0 Å². The van der Waals surface area contributed by atoms with E-state index in [1.165, 1.54) is 10.2 Å². The first-order valence-electron chi connectivity index (χ1n) is 5.71. The quantitative estimate of drug-likeness (QED) is 0.777. The van der Waals surface area contributed by atoms with E-state index in [2.05, 4.69) is 11.1 Å². The van der Waals surface area contributed by atoms with Crippen molar-refractivity contribution in [3.8, 4) is 11.3 Å². The Hall–Kier alpha value is -1.97. The summed E-state index contributed by atoms with van der Waals surface area (Å²) in [5.41, 5.74) is 8.95. The topological polar surface area (TPSA) is 69.9 Å². The van der Waals surface area contributed by atoms with Crippen molar-refractivity contribution >= 4 is 5.82 Å². The number of hydrogen-bond acceptors (Lipinski definition) is 3. The van der Waals surface area contributed by atoms with Crippen molar-refractivity contribution in [1.29, 1.82) is 0 Å². The van der Waals surface area contributed by atoms with E-state index < -0.39 is 0 Å². The molecule has 4 N–H and O–H groups in total. The molecule has 0 saturated heterocycles. The molecule has 0 atom stereocenters. The fraction of sp³-hybridized carbons (Fsp3) is 0.308. The second kappa shape index (κ2) is 4.13. The second-order valence-corrected chi connectivity index (χ2v) is 4.60. The van der Waals surface area contributed by atoms with Crippen LogP contribution >= 0.6 is 0 Å². The Morgan fingerprint density at radius 3 is 2.53 bits per heavy atom. The van der Waals surface area contributed by atoms with Crippen LogP contribution in [0.2, 0.25) is 0 Å². The Kier molecular flexibility index (Phi) is 2.79. The fourth-order valence-corrected chi connectivity index (χ4v) is 1.88. The number of benzene rings is 1. The zero-order valence-corrected chi connectivity index (χ0v) is 10.4. The van der Waals surface area contributed by atoms with Crippen LogP contribution in [0.4, 0.5) is 5.82 Å². The molecule has 0 saturated carbocycles. The van der Waals surface area contributed by atoms with Gasteiger partial charge in [0, 0.05) is 11.5 Å². The predicted molar refractivity (Wildman–Crippen MR) is 71.1 cm³/mol. The summed E-state index contributed by atoms with van der Waals surface area (Å²) >= 11 is 0. The van der Waals surface area contributed by atoms with Gasteiger partial charge in [-0.2, -0.15) is 0 Å². The molecule has 0 spiro atoms. The summed E-state index contributed by atoms with van der Waals surface area (Å²) in [5, 5.41) is 0. The number of rotatable bonds is 2. The predicted octanol–water partition coefficient (Wildman–Crippen LogP) is 2.28. The third-order valence-electron chi connectivity index (χ3n) is 2.78. The molecule has 1 aromatic heterocycles. The zero-order valence-electron chi connectivity index (χ0n) is 10.4. The monoisotopic (exact) mass is 230 g/mol. The molecule has 0 aliphatic rings. The first-order valence-corrected chi connectivity index (χ1v) is 5.71. The number of hydrogen-bond donors (Lipinski definition) is 2. The standard InChI is InChI=1S/C13H18N4/c1-8(2)13-16-11(12(14)17(13)15)10-6-4-5-9(3)7-10/h4-8H,14-15H2,1-3H3. The van der Waals surface area contributed by atoms with E-state index in [9.17, 15) is 0 Å². The minimum absolute atomic E-state index is 0.251. The van der Waals surface area contributed by atoms with E-state index in [1.807, 2.05) is 39.0 Å². The summed E-state index contributed by atoms with van der Waals surface area (Å²) in [6, 6.07) is 8.09. The molecule has 0 bridgehead atoms. The zero-order chi connectivity index (χ0) is 12.6. The van der Waals surface area contributed by atoms with Crippen molar-refractivity contribution in [3.05, 3.63) is 35.7 Å². The number of aromatic nitrogens is 2. The number of aryl methyl sites for hydroxylation is 1. The molecule has 0 fully saturated rings. The van der Waals surface area contributed by atoms with E-state index in [0.717, 1.165) is 17.1 Å². The average molecular weight is 230 g/mol. The maximum absolute atomic E-state index is 6.00. The van der Waals surface area contributed by atoms with Crippen LogP contribution in [-0.4, -0.2) is 9.66 Å². The van der Waals surface area contributed by atoms with E-state index in [1.54, 1.807) is 0 Å². The number of nitrogens with two attached hydrogens (primary N) is 2. The Morgan fingerprint density at radius 2 is 2.00 bits per heavy atom. The van der Waals surface area contributed by atoms with Crippen LogP contribution < -0.4 is 11.6 Å². The third kappa shape index (κ3) is 1.98. The lowest BCUT2D eigenvalue weighted by Crippen LogP contribution is -2.16. The first-order chi connectivity index (χ1) is 8.00. The van der Waals surface area contributed by atoms with Crippen LogP contribution in [0.1, 0.15) is 31.2 Å². The molecule has 90 valence electrons. The molecular formula is C13H18N4. The number of nitrogen functional groups attached to an aromatic ring is 2. The third-order valence-corrected chi connectivity index (χ3v) is 2.78. The Bertz CT molecular complexity index is 540. The molecule has 2 rings (SSSR count). The minimum atomic E-state index is 0.251. The summed E-state index contributed by atoms with van der Waals surface area (Å²) in [6.45, 7) is 6.14. The lowest BCUT2D eigenvalue weighted by molar-refractivity contribution is 0.739. The Balaban J connectivity index is 2.57. The molecular weight excluding hydrogens is 212 g/mol. The highest BCUT2D eigenvalue weighted by Gasteiger charge is 2.16. The van der Waals surface area contributed by atoms with Gasteiger partial charge in [-0.1, -0.05) is 37.6 Å². The van der Waals surface area contributed by atoms with Gasteiger partial charge in [0.15, 0.2) is 5.82 Å². The number of nitrogens with zero attached hydrogens (tertiary/aromatic N) is 2. The number of imidazole rings is 1. The van der Waals surface area contributed by atoms with Crippen molar-refractivity contribution < 1.29 is 0 Å². The van der Waals surface area contributed by atoms with E-state index in [-0.39, 0.29) is 5.92 Å². The normalized spacial score (nSPS) is 11.1. The first kappa shape index (κ1) is 11.5. The second-order valence-electron chi connectivity index (χ2n) is 4.60. The van der Waals surface area contributed by atoms with Crippen LogP contribution in [0.5, 0.6) is 0 Å². The summed E-state index contributed by atoms with van der Waals surface area (Å²) in [4.78, 5) is 4.53. The molecule has 17 heavy (non-hydrogen) atoms. The molecule has 0 amide bonds. The van der Waals surface area contributed by atoms with Crippen molar-refractivity contribution in [2.45, 2.75) is 26.7 Å². The highest BCUT2D eigenvalue weighted by molar-refractivity contribution is 5.71. The van der Waals surface area contributed by atoms with Gasteiger partial charge < -0.3 is 11.6 Å². The van der Waals surface area contributed by atoms with Gasteiger partial charge in [-0.15, -0.1) is 0 Å². The molecule has 0 unspecified atom stereocenters. The average Bonchev–Trinajstić information content (AvgIpc) is 2.56. The molecule has 0 aliphatic heterocycles. The van der Waals surface area contributed by atoms with Crippen LogP contribution in [0.25, 0.3) is 11.3 Å². The van der Waals surface area contributed by atoms with Gasteiger partial charge in [-0.3, -0.25) is 0 Å². The molecule has 0 radical (unpaired) electrons. The van der Waals surface area contributed by atoms with Crippen LogP contribution in [0.15, 0.2) is 24.3 Å². The molecule has 0 aliphatic carbocycles. The summed E-state index contributed by atoms with van der Waals surface area (Å²) < 4.78 is 1.47. The van der Waals surface area contributed by atoms with Gasteiger partial charge >= 0.3 is 0 Å². The van der Waals surface area contributed by atoms with Crippen LogP contribution in [0.3, 0.4) is 0 Å². The van der Waals surface area contributed by atoms with Gasteiger partial charge in [0.25, 0.3) is 0 Å². The maximum atomic E-state index is 6.00. The van der Waals surface area contributed by atoms with Gasteiger partial charge in [0.2, 0.25) is 0 Å². The molecule has 2 aromatic rings. The molecule has 1 aromatic carbocycles. The number of anilines is 1. The van der Waals surface area contributed by atoms with E-state index in [0.29, 0.717) is 5.82 Å². The fourth-order valence-electron chi connectivity index (χ4n) is 1.88. The Labute approximate surface area is 101 Å². The molecule has 4 heteroatoms. The summed E-state index contributed by atoms with van der Waals surface area (Å²) in [5.74, 6) is 7.48. The smallest absolute Gasteiger partial charge is 0.150 e. The maximum Gasteiger partial charge on any atom is 0.150 e. The minimum Gasteiger partial charge on any atom is -0.382 e. The van der Waals surface area contributed by atoms with Crippen molar-refractivity contribution in [3.63, 3.8) is 0 Å². The highest BCUT2D eigenvalue weighted by atomic mass is 15.4. The SMILES string of the molecule is Cc1cccc(-c2nc(C(C)C)n(N)c2N)c1. The lowest BCUT2D eigenvalue weighted by Gasteiger charge is -2.04. The summed E-state index contributed by atoms with van der Waals surface area (Å²) in [7, 11) is 0. The van der Waals surface area contributed by atoms with Crippen molar-refractivity contribution in [2.75, 3.05) is 11.6 Å². The van der Waals surface area contributed by atoms with Gasteiger partial charge in [-0.25, -0.2) is 9.66 Å². The molecule has 4 nitrogen and oxygen atoms in total. The van der Waals surface area contributed by atoms with Crippen LogP contribution in [-0.2, 0) is 0 Å². The van der Waals surface area contributed by atoms with Crippen molar-refractivity contribution in [2.24, 2.45) is 0 Å². The Morgan fingerprint density at radius 1 is 1.29 bits per heavy atom. The summed E-state index contributed by atoms with van der Waals surface area (Å²) in [6.07, 6.45) is 0. The highest BCUT2D eigenvalue weighted by Crippen LogP contribution is 2.27. The van der Waals surface area contributed by atoms with E-state index >= 15 is 0 Å². The van der Waals surface area contributed by atoms with Crippen molar-refractivity contribution in [1.82, 2.24) is 9.66 Å². The van der Waals surface area contributed by atoms with Crippen LogP contribution in [0, 0.1) is 6.92 Å². The lowest BCUT2D eigenvalue weighted by atomic mass is 10.1. The molecule has 1 heterocycles. The largest absolute Gasteiger partial charge is 0.382 e. The van der Waals surface area contributed by atoms with Gasteiger partial charge in [-0.05, 0) is 13.0 Å². The van der Waals surface area contributed by atoms with E-state index in [4.69, 9.17) is 11.6 Å². The van der Waals surface area contributed by atoms with Gasteiger partial charge in [0.1, 0.15) is 11.5 Å².